The number of aromatic nitrogens is 3. The number of carbonyl (C=O) groups is 2. The molecule has 2 amide bonds. The van der Waals surface area contributed by atoms with Gasteiger partial charge in [-0.05, 0) is 37.1 Å². The van der Waals surface area contributed by atoms with Gasteiger partial charge in [0, 0.05) is 34.6 Å². The zero-order chi connectivity index (χ0) is 22.0. The van der Waals surface area contributed by atoms with Crippen LogP contribution in [0.25, 0.3) is 16.3 Å². The molecule has 0 unspecified atom stereocenters. The van der Waals surface area contributed by atoms with Gasteiger partial charge in [0.15, 0.2) is 5.82 Å². The van der Waals surface area contributed by atoms with E-state index in [0.29, 0.717) is 29.5 Å². The van der Waals surface area contributed by atoms with Crippen molar-refractivity contribution in [1.29, 1.82) is 0 Å². The van der Waals surface area contributed by atoms with Gasteiger partial charge in [0.25, 0.3) is 0 Å². The van der Waals surface area contributed by atoms with Gasteiger partial charge in [0.2, 0.25) is 4.96 Å². The molecule has 7 nitrogen and oxygen atoms in total. The summed E-state index contributed by atoms with van der Waals surface area (Å²) in [5.74, 6) is -0.772. The number of rotatable bonds is 5. The van der Waals surface area contributed by atoms with E-state index in [2.05, 4.69) is 20.7 Å². The summed E-state index contributed by atoms with van der Waals surface area (Å²) in [4.78, 5) is 29.6. The lowest BCUT2D eigenvalue weighted by Gasteiger charge is -2.07. The second-order valence-electron chi connectivity index (χ2n) is 7.10. The third-order valence-corrected chi connectivity index (χ3v) is 6.11. The molecule has 0 aliphatic heterocycles. The highest BCUT2D eigenvalue weighted by molar-refractivity contribution is 7.15. The Labute approximate surface area is 188 Å². The van der Waals surface area contributed by atoms with Crippen molar-refractivity contribution >= 4 is 45.4 Å². The summed E-state index contributed by atoms with van der Waals surface area (Å²) in [7, 11) is 0. The first-order valence-electron chi connectivity index (χ1n) is 9.67. The molecule has 2 aromatic heterocycles. The Morgan fingerprint density at radius 3 is 2.68 bits per heavy atom. The van der Waals surface area contributed by atoms with Crippen molar-refractivity contribution in [2.45, 2.75) is 20.3 Å². The van der Waals surface area contributed by atoms with Gasteiger partial charge >= 0.3 is 11.8 Å². The lowest BCUT2D eigenvalue weighted by molar-refractivity contribution is -0.136. The SMILES string of the molecule is Cc1ccc(NC(=O)C(=O)NCCc2csc3nc(-c4ccccc4C)nn23)cc1Cl. The van der Waals surface area contributed by atoms with E-state index in [1.807, 2.05) is 43.5 Å². The molecule has 0 atom stereocenters. The van der Waals surface area contributed by atoms with E-state index in [1.165, 1.54) is 11.3 Å². The normalized spacial score (nSPS) is 10.9. The minimum Gasteiger partial charge on any atom is -0.347 e. The number of fused-ring (bicyclic) bond motifs is 1. The number of carbonyl (C=O) groups excluding carboxylic acids is 2. The molecule has 0 fully saturated rings. The van der Waals surface area contributed by atoms with E-state index in [0.717, 1.165) is 27.3 Å². The van der Waals surface area contributed by atoms with Crippen molar-refractivity contribution in [3.05, 3.63) is 69.7 Å². The summed E-state index contributed by atoms with van der Waals surface area (Å²) in [5.41, 5.74) is 4.38. The molecule has 9 heteroatoms. The first-order valence-corrected chi connectivity index (χ1v) is 10.9. The van der Waals surface area contributed by atoms with Gasteiger partial charge in [-0.15, -0.1) is 16.4 Å². The smallest absolute Gasteiger partial charge is 0.313 e. The highest BCUT2D eigenvalue weighted by Crippen LogP contribution is 2.23. The van der Waals surface area contributed by atoms with Crippen LogP contribution in [0.15, 0.2) is 47.8 Å². The Hall–Kier alpha value is -3.23. The van der Waals surface area contributed by atoms with Crippen molar-refractivity contribution in [3.8, 4) is 11.4 Å². The van der Waals surface area contributed by atoms with Crippen molar-refractivity contribution in [1.82, 2.24) is 19.9 Å². The maximum absolute atomic E-state index is 12.1. The number of hydrogen-bond acceptors (Lipinski definition) is 5. The maximum Gasteiger partial charge on any atom is 0.313 e. The largest absolute Gasteiger partial charge is 0.347 e. The summed E-state index contributed by atoms with van der Waals surface area (Å²) in [6, 6.07) is 13.1. The highest BCUT2D eigenvalue weighted by atomic mass is 35.5. The first-order chi connectivity index (χ1) is 14.9. The summed E-state index contributed by atoms with van der Waals surface area (Å²) in [5, 5.41) is 12.3. The first kappa shape index (κ1) is 21.0. The number of anilines is 1. The van der Waals surface area contributed by atoms with E-state index in [1.54, 1.807) is 22.7 Å². The van der Waals surface area contributed by atoms with E-state index >= 15 is 0 Å². The predicted octanol–water partition coefficient (Wildman–Crippen LogP) is 4.03. The molecule has 4 aromatic rings. The van der Waals surface area contributed by atoms with Crippen molar-refractivity contribution in [2.24, 2.45) is 0 Å². The highest BCUT2D eigenvalue weighted by Gasteiger charge is 2.16. The molecule has 2 N–H and O–H groups in total. The molecule has 4 rings (SSSR count). The Morgan fingerprint density at radius 1 is 1.10 bits per heavy atom. The van der Waals surface area contributed by atoms with Crippen LogP contribution < -0.4 is 10.6 Å². The molecule has 31 heavy (non-hydrogen) atoms. The lowest BCUT2D eigenvalue weighted by atomic mass is 10.1. The van der Waals surface area contributed by atoms with Crippen molar-refractivity contribution in [2.75, 3.05) is 11.9 Å². The standard InChI is InChI=1S/C22H20ClN5O2S/c1-13-5-3-4-6-17(13)19-26-22-28(27-19)16(12-31-22)9-10-24-20(29)21(30)25-15-8-7-14(2)18(23)11-15/h3-8,11-12H,9-10H2,1-2H3,(H,24,29)(H,25,30). The molecule has 2 heterocycles. The Bertz CT molecular complexity index is 1280. The van der Waals surface area contributed by atoms with Gasteiger partial charge in [-0.25, -0.2) is 4.52 Å². The van der Waals surface area contributed by atoms with Crippen molar-refractivity contribution in [3.63, 3.8) is 0 Å². The van der Waals surface area contributed by atoms with Crippen LogP contribution in [0.3, 0.4) is 0 Å². The van der Waals surface area contributed by atoms with Crippen LogP contribution in [0.4, 0.5) is 5.69 Å². The fourth-order valence-electron chi connectivity index (χ4n) is 3.08. The summed E-state index contributed by atoms with van der Waals surface area (Å²) in [6.07, 6.45) is 0.520. The van der Waals surface area contributed by atoms with E-state index in [9.17, 15) is 9.59 Å². The Morgan fingerprint density at radius 2 is 1.90 bits per heavy atom. The molecule has 0 radical (unpaired) electrons. The van der Waals surface area contributed by atoms with Crippen LogP contribution in [-0.4, -0.2) is 33.0 Å². The van der Waals surface area contributed by atoms with Crippen LogP contribution in [0.1, 0.15) is 16.8 Å². The van der Waals surface area contributed by atoms with Gasteiger partial charge in [-0.2, -0.15) is 4.98 Å². The minimum atomic E-state index is -0.738. The van der Waals surface area contributed by atoms with E-state index < -0.39 is 11.8 Å². The number of amides is 2. The number of nitrogens with zero attached hydrogens (tertiary/aromatic N) is 3. The minimum absolute atomic E-state index is 0.298. The summed E-state index contributed by atoms with van der Waals surface area (Å²) >= 11 is 7.54. The fraction of sp³-hybridized carbons (Fsp3) is 0.182. The molecule has 0 aliphatic rings. The average molecular weight is 454 g/mol. The molecule has 0 spiro atoms. The molecule has 0 bridgehead atoms. The molecule has 0 saturated heterocycles. The molecule has 2 aromatic carbocycles. The second-order valence-corrected chi connectivity index (χ2v) is 8.34. The van der Waals surface area contributed by atoms with Gasteiger partial charge in [0.1, 0.15) is 0 Å². The number of hydrogen-bond donors (Lipinski definition) is 2. The number of nitrogens with one attached hydrogen (secondary N) is 2. The molecular formula is C22H20ClN5O2S. The zero-order valence-corrected chi connectivity index (χ0v) is 18.5. The molecule has 0 aliphatic carbocycles. The third-order valence-electron chi connectivity index (χ3n) is 4.84. The lowest BCUT2D eigenvalue weighted by Crippen LogP contribution is -2.36. The topological polar surface area (TPSA) is 88.4 Å². The van der Waals surface area contributed by atoms with Crippen molar-refractivity contribution < 1.29 is 9.59 Å². The van der Waals surface area contributed by atoms with Gasteiger partial charge in [-0.3, -0.25) is 9.59 Å². The number of aryl methyl sites for hydroxylation is 2. The number of thiazole rings is 1. The third kappa shape index (κ3) is 4.60. The Kier molecular flexibility index (Phi) is 6.01. The summed E-state index contributed by atoms with van der Waals surface area (Å²) < 4.78 is 1.78. The fourth-order valence-corrected chi connectivity index (χ4v) is 4.11. The van der Waals surface area contributed by atoms with Gasteiger partial charge in [-0.1, -0.05) is 41.9 Å². The van der Waals surface area contributed by atoms with Crippen LogP contribution in [0, 0.1) is 13.8 Å². The van der Waals surface area contributed by atoms with E-state index in [4.69, 9.17) is 11.6 Å². The Balaban J connectivity index is 1.37. The monoisotopic (exact) mass is 453 g/mol. The van der Waals surface area contributed by atoms with Crippen LogP contribution in [0.5, 0.6) is 0 Å². The van der Waals surface area contributed by atoms with Gasteiger partial charge < -0.3 is 10.6 Å². The molecule has 0 saturated carbocycles. The quantitative estimate of drug-likeness (QED) is 0.446. The number of halogens is 1. The van der Waals surface area contributed by atoms with E-state index in [-0.39, 0.29) is 0 Å². The van der Waals surface area contributed by atoms with Gasteiger partial charge in [0.05, 0.1) is 5.69 Å². The average Bonchev–Trinajstić information content (AvgIpc) is 3.32. The predicted molar refractivity (Wildman–Crippen MR) is 123 cm³/mol. The second kappa shape index (κ2) is 8.87. The maximum atomic E-state index is 12.1. The summed E-state index contributed by atoms with van der Waals surface area (Å²) in [6.45, 7) is 4.18. The van der Waals surface area contributed by atoms with Crippen LogP contribution >= 0.6 is 22.9 Å². The zero-order valence-electron chi connectivity index (χ0n) is 17.0. The van der Waals surface area contributed by atoms with Crippen LogP contribution in [-0.2, 0) is 16.0 Å². The number of benzene rings is 2. The van der Waals surface area contributed by atoms with Crippen LogP contribution in [0.2, 0.25) is 5.02 Å². The molecular weight excluding hydrogens is 434 g/mol. The molecule has 158 valence electrons.